The van der Waals surface area contributed by atoms with Gasteiger partial charge in [-0.3, -0.25) is 19.3 Å². The van der Waals surface area contributed by atoms with Crippen molar-refractivity contribution in [1.29, 1.82) is 0 Å². The number of carbonyl (C=O) groups is 4. The monoisotopic (exact) mass is 522 g/mol. The number of halogens is 2. The highest BCUT2D eigenvalue weighted by molar-refractivity contribution is 8.18. The van der Waals surface area contributed by atoms with E-state index in [0.29, 0.717) is 23.0 Å². The summed E-state index contributed by atoms with van der Waals surface area (Å²) >= 11 is 13.1. The number of hydrogen-bond donors (Lipinski definition) is 1. The molecule has 1 fully saturated rings. The van der Waals surface area contributed by atoms with E-state index in [4.69, 9.17) is 32.7 Å². The van der Waals surface area contributed by atoms with Crippen molar-refractivity contribution in [2.24, 2.45) is 0 Å². The van der Waals surface area contributed by atoms with Gasteiger partial charge >= 0.3 is 5.97 Å². The second-order valence-electron chi connectivity index (χ2n) is 7.09. The Labute approximate surface area is 210 Å². The first-order valence-electron chi connectivity index (χ1n) is 10.1. The summed E-state index contributed by atoms with van der Waals surface area (Å²) in [4.78, 5) is 49.9. The van der Waals surface area contributed by atoms with Crippen LogP contribution in [-0.4, -0.2) is 47.7 Å². The molecule has 0 aromatic heterocycles. The van der Waals surface area contributed by atoms with E-state index >= 15 is 0 Å². The number of thioether (sulfide) groups is 1. The van der Waals surface area contributed by atoms with E-state index in [9.17, 15) is 19.2 Å². The van der Waals surface area contributed by atoms with Crippen LogP contribution < -0.4 is 10.1 Å². The van der Waals surface area contributed by atoms with Gasteiger partial charge < -0.3 is 14.8 Å². The molecule has 1 heterocycles. The molecule has 3 rings (SSSR count). The summed E-state index contributed by atoms with van der Waals surface area (Å²) in [6.45, 7) is 2.98. The minimum absolute atomic E-state index is 0.0921. The average Bonchev–Trinajstić information content (AvgIpc) is 3.00. The Balaban J connectivity index is 1.69. The lowest BCUT2D eigenvalue weighted by Crippen LogP contribution is -2.36. The van der Waals surface area contributed by atoms with E-state index in [1.54, 1.807) is 25.1 Å². The van der Waals surface area contributed by atoms with E-state index in [2.05, 4.69) is 5.32 Å². The number of hydrogen-bond acceptors (Lipinski definition) is 7. The smallest absolute Gasteiger partial charge is 0.344 e. The normalized spacial score (nSPS) is 14.5. The Bertz CT molecular complexity index is 1160. The van der Waals surface area contributed by atoms with Crippen molar-refractivity contribution in [2.45, 2.75) is 13.8 Å². The van der Waals surface area contributed by atoms with Crippen LogP contribution in [0.25, 0.3) is 6.08 Å². The first-order valence-corrected chi connectivity index (χ1v) is 11.6. The fourth-order valence-electron chi connectivity index (χ4n) is 2.99. The number of aryl methyl sites for hydroxylation is 1. The van der Waals surface area contributed by atoms with Gasteiger partial charge in [0, 0.05) is 5.69 Å². The summed E-state index contributed by atoms with van der Waals surface area (Å²) in [6.07, 6.45) is 1.44. The molecule has 0 atom stereocenters. The fourth-order valence-corrected chi connectivity index (χ4v) is 4.44. The topological polar surface area (TPSA) is 102 Å². The Morgan fingerprint density at radius 3 is 2.50 bits per heavy atom. The highest BCUT2D eigenvalue weighted by atomic mass is 35.5. The number of nitrogens with one attached hydrogen (secondary N) is 1. The van der Waals surface area contributed by atoms with Crippen molar-refractivity contribution in [3.8, 4) is 5.75 Å². The zero-order valence-electron chi connectivity index (χ0n) is 18.2. The third kappa shape index (κ3) is 6.53. The third-order valence-electron chi connectivity index (χ3n) is 4.44. The highest BCUT2D eigenvalue weighted by Gasteiger charge is 2.36. The molecular formula is C23H20Cl2N2O6S. The molecule has 1 saturated heterocycles. The molecule has 3 amide bonds. The number of amides is 3. The second kappa shape index (κ2) is 11.4. The zero-order chi connectivity index (χ0) is 24.8. The van der Waals surface area contributed by atoms with Crippen LogP contribution in [0.2, 0.25) is 10.0 Å². The van der Waals surface area contributed by atoms with Crippen LogP contribution in [-0.2, 0) is 19.1 Å². The number of nitrogens with zero attached hydrogens (tertiary/aromatic N) is 1. The molecule has 0 saturated carbocycles. The summed E-state index contributed by atoms with van der Waals surface area (Å²) in [5.41, 5.74) is 1.97. The van der Waals surface area contributed by atoms with Gasteiger partial charge in [-0.25, -0.2) is 4.79 Å². The van der Waals surface area contributed by atoms with Gasteiger partial charge in [-0.05, 0) is 67.1 Å². The minimum atomic E-state index is -0.607. The Hall–Kier alpha value is -3.01. The van der Waals surface area contributed by atoms with Crippen LogP contribution in [0, 0.1) is 6.92 Å². The van der Waals surface area contributed by atoms with Gasteiger partial charge in [-0.1, -0.05) is 35.3 Å². The predicted molar refractivity (Wildman–Crippen MR) is 131 cm³/mol. The summed E-state index contributed by atoms with van der Waals surface area (Å²) < 4.78 is 10.1. The first kappa shape index (κ1) is 25.6. The molecular weight excluding hydrogens is 503 g/mol. The maximum atomic E-state index is 12.7. The van der Waals surface area contributed by atoms with E-state index in [0.717, 1.165) is 10.5 Å². The van der Waals surface area contributed by atoms with E-state index < -0.39 is 29.6 Å². The number of benzene rings is 2. The number of imide groups is 1. The second-order valence-corrected chi connectivity index (χ2v) is 8.90. The van der Waals surface area contributed by atoms with Crippen molar-refractivity contribution in [1.82, 2.24) is 4.90 Å². The summed E-state index contributed by atoms with van der Waals surface area (Å²) in [5.74, 6) is -1.58. The SMILES string of the molecule is CCOC(=O)COc1c(Cl)cc(/C=C2\SC(=O)N(CC(=O)Nc3cccc(C)c3)C2=O)cc1Cl. The molecule has 0 spiro atoms. The Morgan fingerprint density at radius 2 is 1.85 bits per heavy atom. The molecule has 34 heavy (non-hydrogen) atoms. The average molecular weight is 523 g/mol. The third-order valence-corrected chi connectivity index (χ3v) is 5.90. The molecule has 2 aromatic carbocycles. The van der Waals surface area contributed by atoms with E-state index in [1.165, 1.54) is 18.2 Å². The summed E-state index contributed by atoms with van der Waals surface area (Å²) in [5, 5.41) is 2.32. The van der Waals surface area contributed by atoms with Gasteiger partial charge in [0.25, 0.3) is 11.1 Å². The van der Waals surface area contributed by atoms with Crippen LogP contribution in [0.5, 0.6) is 5.75 Å². The summed E-state index contributed by atoms with van der Waals surface area (Å²) in [6, 6.07) is 10.1. The number of carbonyl (C=O) groups excluding carboxylic acids is 4. The van der Waals surface area contributed by atoms with Crippen molar-refractivity contribution >= 4 is 69.8 Å². The van der Waals surface area contributed by atoms with Crippen molar-refractivity contribution < 1.29 is 28.7 Å². The van der Waals surface area contributed by atoms with Crippen molar-refractivity contribution in [3.63, 3.8) is 0 Å². The number of anilines is 1. The molecule has 1 N–H and O–H groups in total. The number of rotatable bonds is 8. The number of esters is 1. The van der Waals surface area contributed by atoms with Crippen molar-refractivity contribution in [2.75, 3.05) is 25.1 Å². The van der Waals surface area contributed by atoms with E-state index in [1.807, 2.05) is 13.0 Å². The molecule has 1 aliphatic heterocycles. The van der Waals surface area contributed by atoms with Gasteiger partial charge in [-0.15, -0.1) is 0 Å². The largest absolute Gasteiger partial charge is 0.479 e. The quantitative estimate of drug-likeness (QED) is 0.387. The Morgan fingerprint density at radius 1 is 1.15 bits per heavy atom. The molecule has 0 radical (unpaired) electrons. The maximum Gasteiger partial charge on any atom is 0.344 e. The predicted octanol–water partition coefficient (Wildman–Crippen LogP) is 4.92. The lowest BCUT2D eigenvalue weighted by molar-refractivity contribution is -0.145. The molecule has 0 aliphatic carbocycles. The van der Waals surface area contributed by atoms with Crippen molar-refractivity contribution in [3.05, 3.63) is 62.5 Å². The summed E-state index contributed by atoms with van der Waals surface area (Å²) in [7, 11) is 0. The Kier molecular flexibility index (Phi) is 8.60. The highest BCUT2D eigenvalue weighted by Crippen LogP contribution is 2.37. The minimum Gasteiger partial charge on any atom is -0.479 e. The van der Waals surface area contributed by atoms with Crippen LogP contribution in [0.1, 0.15) is 18.1 Å². The number of ether oxygens (including phenoxy) is 2. The lowest BCUT2D eigenvalue weighted by Gasteiger charge is -2.12. The van der Waals surface area contributed by atoms with Crippen LogP contribution >= 0.6 is 35.0 Å². The molecule has 11 heteroatoms. The molecule has 1 aliphatic rings. The molecule has 178 valence electrons. The lowest BCUT2D eigenvalue weighted by atomic mass is 10.2. The maximum absolute atomic E-state index is 12.7. The standard InChI is InChI=1S/C23H20Cl2N2O6S/c1-3-32-20(29)12-33-21-16(24)8-14(9-17(21)25)10-18-22(30)27(23(31)34-18)11-19(28)26-15-6-4-5-13(2)7-15/h4-10H,3,11-12H2,1-2H3,(H,26,28)/b18-10-. The fraction of sp³-hybridized carbons (Fsp3) is 0.217. The molecule has 2 aromatic rings. The van der Waals surface area contributed by atoms with Crippen LogP contribution in [0.4, 0.5) is 10.5 Å². The van der Waals surface area contributed by atoms with Gasteiger partial charge in [-0.2, -0.15) is 0 Å². The molecule has 8 nitrogen and oxygen atoms in total. The zero-order valence-corrected chi connectivity index (χ0v) is 20.6. The molecule has 0 unspecified atom stereocenters. The first-order chi connectivity index (χ1) is 16.2. The van der Waals surface area contributed by atoms with Gasteiger partial charge in [0.2, 0.25) is 5.91 Å². The van der Waals surface area contributed by atoms with Gasteiger partial charge in [0.05, 0.1) is 21.6 Å². The van der Waals surface area contributed by atoms with Crippen LogP contribution in [0.15, 0.2) is 41.3 Å². The van der Waals surface area contributed by atoms with E-state index in [-0.39, 0.29) is 33.9 Å². The van der Waals surface area contributed by atoms with Crippen LogP contribution in [0.3, 0.4) is 0 Å². The molecule has 0 bridgehead atoms. The van der Waals surface area contributed by atoms with Gasteiger partial charge in [0.15, 0.2) is 12.4 Å². The van der Waals surface area contributed by atoms with Gasteiger partial charge in [0.1, 0.15) is 6.54 Å².